The largest absolute Gasteiger partial charge is 0.317 e. The maximum atomic E-state index is 12.4. The van der Waals surface area contributed by atoms with Gasteiger partial charge in [0, 0.05) is 24.9 Å². The zero-order valence-electron chi connectivity index (χ0n) is 11.8. The van der Waals surface area contributed by atoms with E-state index in [1.807, 2.05) is 10.8 Å². The first-order valence-electron chi connectivity index (χ1n) is 7.45. The third kappa shape index (κ3) is 2.53. The molecule has 0 aliphatic heterocycles. The van der Waals surface area contributed by atoms with Gasteiger partial charge in [0.1, 0.15) is 0 Å². The summed E-state index contributed by atoms with van der Waals surface area (Å²) in [6, 6.07) is 0. The summed E-state index contributed by atoms with van der Waals surface area (Å²) in [6.45, 7) is 5.23. The van der Waals surface area contributed by atoms with Gasteiger partial charge in [0.15, 0.2) is 0 Å². The Morgan fingerprint density at radius 2 is 2.32 bits per heavy atom. The van der Waals surface area contributed by atoms with Crippen LogP contribution < -0.4 is 5.32 Å². The Kier molecular flexibility index (Phi) is 3.33. The van der Waals surface area contributed by atoms with Crippen molar-refractivity contribution in [3.8, 4) is 0 Å². The summed E-state index contributed by atoms with van der Waals surface area (Å²) in [7, 11) is 0. The van der Waals surface area contributed by atoms with E-state index in [9.17, 15) is 4.79 Å². The van der Waals surface area contributed by atoms with Gasteiger partial charge >= 0.3 is 0 Å². The maximum Gasteiger partial charge on any atom is 0.230 e. The summed E-state index contributed by atoms with van der Waals surface area (Å²) in [6.07, 6.45) is 8.62. The summed E-state index contributed by atoms with van der Waals surface area (Å²) in [4.78, 5) is 16.6. The zero-order valence-corrected chi connectivity index (χ0v) is 11.8. The Morgan fingerprint density at radius 1 is 1.47 bits per heavy atom. The second kappa shape index (κ2) is 4.99. The van der Waals surface area contributed by atoms with E-state index in [-0.39, 0.29) is 11.8 Å². The number of carbonyl (C=O) groups excluding carboxylic acids is 1. The van der Waals surface area contributed by atoms with Gasteiger partial charge in [-0.1, -0.05) is 20.3 Å². The Balaban J connectivity index is 1.65. The van der Waals surface area contributed by atoms with Crippen LogP contribution in [-0.2, 0) is 11.3 Å². The minimum atomic E-state index is 0.184. The van der Waals surface area contributed by atoms with Gasteiger partial charge in [0.05, 0.1) is 0 Å². The Morgan fingerprint density at radius 3 is 2.95 bits per heavy atom. The van der Waals surface area contributed by atoms with Crippen LogP contribution in [0, 0.1) is 23.7 Å². The summed E-state index contributed by atoms with van der Waals surface area (Å²) in [5, 5.41) is 3.04. The Bertz CT molecular complexity index is 466. The van der Waals surface area contributed by atoms with E-state index in [0.717, 1.165) is 18.9 Å². The third-order valence-corrected chi connectivity index (χ3v) is 4.59. The molecule has 1 heterocycles. The van der Waals surface area contributed by atoms with Crippen molar-refractivity contribution in [1.82, 2.24) is 9.55 Å². The number of nitrogens with one attached hydrogen (secondary N) is 1. The summed E-state index contributed by atoms with van der Waals surface area (Å²) in [5.41, 5.74) is 0. The van der Waals surface area contributed by atoms with Gasteiger partial charge < -0.3 is 4.57 Å². The van der Waals surface area contributed by atoms with E-state index < -0.39 is 0 Å². The zero-order chi connectivity index (χ0) is 13.4. The number of aromatic nitrogens is 2. The fourth-order valence-corrected chi connectivity index (χ4v) is 3.74. The van der Waals surface area contributed by atoms with Crippen LogP contribution in [0.3, 0.4) is 0 Å². The second-order valence-electron chi connectivity index (χ2n) is 6.57. The van der Waals surface area contributed by atoms with Crippen molar-refractivity contribution < 1.29 is 4.79 Å². The van der Waals surface area contributed by atoms with Crippen LogP contribution in [0.1, 0.15) is 39.5 Å². The van der Waals surface area contributed by atoms with Crippen LogP contribution in [0.2, 0.25) is 0 Å². The van der Waals surface area contributed by atoms with Gasteiger partial charge in [0.2, 0.25) is 11.9 Å². The average molecular weight is 261 g/mol. The number of carbonyl (C=O) groups is 1. The van der Waals surface area contributed by atoms with Gasteiger partial charge in [-0.25, -0.2) is 4.98 Å². The van der Waals surface area contributed by atoms with Gasteiger partial charge in [-0.15, -0.1) is 0 Å². The molecule has 104 valence electrons. The highest BCUT2D eigenvalue weighted by molar-refractivity contribution is 5.91. The molecule has 0 saturated heterocycles. The molecule has 2 fully saturated rings. The fourth-order valence-electron chi connectivity index (χ4n) is 3.74. The maximum absolute atomic E-state index is 12.4. The van der Waals surface area contributed by atoms with Crippen molar-refractivity contribution in [2.24, 2.45) is 23.7 Å². The molecular weight excluding hydrogens is 238 g/mol. The lowest BCUT2D eigenvalue weighted by Gasteiger charge is -2.21. The molecule has 1 N–H and O–H groups in total. The Hall–Kier alpha value is -1.32. The quantitative estimate of drug-likeness (QED) is 0.906. The molecule has 19 heavy (non-hydrogen) atoms. The van der Waals surface area contributed by atoms with Crippen LogP contribution in [0.4, 0.5) is 5.95 Å². The lowest BCUT2D eigenvalue weighted by Crippen LogP contribution is -2.28. The van der Waals surface area contributed by atoms with Crippen molar-refractivity contribution in [2.45, 2.75) is 46.1 Å². The standard InChI is InChI=1S/C15H23N3O/c1-10(2)9-18-6-5-16-15(18)17-14(19)13-8-11-3-4-12(13)7-11/h5-6,10-13H,3-4,7-9H2,1-2H3,(H,16,17,19)/t11-,12-,13-/m0/s1. The van der Waals surface area contributed by atoms with E-state index in [2.05, 4.69) is 24.1 Å². The lowest BCUT2D eigenvalue weighted by atomic mass is 9.88. The average Bonchev–Trinajstić information content (AvgIpc) is 3.05. The minimum absolute atomic E-state index is 0.184. The molecule has 2 bridgehead atoms. The first-order valence-corrected chi connectivity index (χ1v) is 7.45. The van der Waals surface area contributed by atoms with Crippen LogP contribution >= 0.6 is 0 Å². The predicted octanol–water partition coefficient (Wildman–Crippen LogP) is 2.91. The van der Waals surface area contributed by atoms with Crippen LogP contribution in [0.5, 0.6) is 0 Å². The molecule has 0 radical (unpaired) electrons. The molecule has 4 heteroatoms. The van der Waals surface area contributed by atoms with Crippen molar-refractivity contribution in [3.05, 3.63) is 12.4 Å². The molecule has 1 aromatic heterocycles. The predicted molar refractivity (Wildman–Crippen MR) is 74.6 cm³/mol. The molecule has 3 rings (SSSR count). The molecule has 2 aliphatic rings. The number of rotatable bonds is 4. The number of hydrogen-bond donors (Lipinski definition) is 1. The van der Waals surface area contributed by atoms with E-state index in [0.29, 0.717) is 17.8 Å². The van der Waals surface area contributed by atoms with Gasteiger partial charge in [-0.05, 0) is 37.0 Å². The smallest absolute Gasteiger partial charge is 0.230 e. The molecule has 2 aliphatic carbocycles. The van der Waals surface area contributed by atoms with Gasteiger partial charge in [0.25, 0.3) is 0 Å². The van der Waals surface area contributed by atoms with Crippen LogP contribution in [-0.4, -0.2) is 15.5 Å². The molecular formula is C15H23N3O. The number of imidazole rings is 1. The second-order valence-corrected chi connectivity index (χ2v) is 6.57. The number of amides is 1. The SMILES string of the molecule is CC(C)Cn1ccnc1NC(=O)[C@H]1C[C@H]2CC[C@H]1C2. The lowest BCUT2D eigenvalue weighted by molar-refractivity contribution is -0.121. The molecule has 4 nitrogen and oxygen atoms in total. The normalized spacial score (nSPS) is 29.1. The first kappa shape index (κ1) is 12.7. The topological polar surface area (TPSA) is 46.9 Å². The summed E-state index contributed by atoms with van der Waals surface area (Å²) < 4.78 is 2.04. The summed E-state index contributed by atoms with van der Waals surface area (Å²) in [5.74, 6) is 3.09. The molecule has 0 unspecified atom stereocenters. The summed E-state index contributed by atoms with van der Waals surface area (Å²) >= 11 is 0. The highest BCUT2D eigenvalue weighted by atomic mass is 16.2. The molecule has 3 atom stereocenters. The Labute approximate surface area is 114 Å². The third-order valence-electron chi connectivity index (χ3n) is 4.59. The van der Waals surface area contributed by atoms with Crippen molar-refractivity contribution >= 4 is 11.9 Å². The molecule has 2 saturated carbocycles. The number of hydrogen-bond acceptors (Lipinski definition) is 2. The van der Waals surface area contributed by atoms with Crippen LogP contribution in [0.15, 0.2) is 12.4 Å². The molecule has 1 aromatic rings. The first-order chi connectivity index (χ1) is 9.13. The van der Waals surface area contributed by atoms with Crippen molar-refractivity contribution in [1.29, 1.82) is 0 Å². The molecule has 0 spiro atoms. The van der Waals surface area contributed by atoms with Crippen molar-refractivity contribution in [2.75, 3.05) is 5.32 Å². The van der Waals surface area contributed by atoms with Gasteiger partial charge in [-0.3, -0.25) is 10.1 Å². The van der Waals surface area contributed by atoms with Crippen molar-refractivity contribution in [3.63, 3.8) is 0 Å². The minimum Gasteiger partial charge on any atom is -0.317 e. The monoisotopic (exact) mass is 261 g/mol. The van der Waals surface area contributed by atoms with Gasteiger partial charge in [-0.2, -0.15) is 0 Å². The molecule has 0 aromatic carbocycles. The van der Waals surface area contributed by atoms with E-state index >= 15 is 0 Å². The number of fused-ring (bicyclic) bond motifs is 2. The van der Waals surface area contributed by atoms with E-state index in [1.54, 1.807) is 6.20 Å². The number of nitrogens with zero attached hydrogens (tertiary/aromatic N) is 2. The molecule has 1 amide bonds. The van der Waals surface area contributed by atoms with E-state index in [4.69, 9.17) is 0 Å². The highest BCUT2D eigenvalue weighted by Gasteiger charge is 2.43. The number of anilines is 1. The van der Waals surface area contributed by atoms with Crippen LogP contribution in [0.25, 0.3) is 0 Å². The van der Waals surface area contributed by atoms with E-state index in [1.165, 1.54) is 19.3 Å². The fraction of sp³-hybridized carbons (Fsp3) is 0.733. The highest BCUT2D eigenvalue weighted by Crippen LogP contribution is 2.48.